The van der Waals surface area contributed by atoms with E-state index in [1.807, 2.05) is 6.07 Å². The lowest BCUT2D eigenvalue weighted by atomic mass is 9.81. The van der Waals surface area contributed by atoms with E-state index in [-0.39, 0.29) is 5.41 Å². The molecule has 0 aliphatic heterocycles. The molecule has 0 amide bonds. The van der Waals surface area contributed by atoms with E-state index < -0.39 is 0 Å². The van der Waals surface area contributed by atoms with Crippen molar-refractivity contribution in [2.45, 2.75) is 19.3 Å². The second-order valence-electron chi connectivity index (χ2n) is 5.31. The van der Waals surface area contributed by atoms with Gasteiger partial charge in [0, 0.05) is 5.41 Å². The van der Waals surface area contributed by atoms with Crippen molar-refractivity contribution in [1.82, 2.24) is 0 Å². The minimum atomic E-state index is 0.00685. The van der Waals surface area contributed by atoms with Gasteiger partial charge in [-0.3, -0.25) is 0 Å². The Morgan fingerprint density at radius 3 is 2.44 bits per heavy atom. The number of rotatable bonds is 1. The van der Waals surface area contributed by atoms with Gasteiger partial charge in [0.25, 0.3) is 0 Å². The zero-order chi connectivity index (χ0) is 12.9. The zero-order valence-electron chi connectivity index (χ0n) is 10.9. The lowest BCUT2D eigenvalue weighted by Crippen LogP contribution is -2.16. The largest absolute Gasteiger partial charge is 0.497 e. The molecule has 18 heavy (non-hydrogen) atoms. The van der Waals surface area contributed by atoms with Gasteiger partial charge in [0.1, 0.15) is 13.6 Å². The Balaban J connectivity index is 2.35. The van der Waals surface area contributed by atoms with Crippen LogP contribution in [0.2, 0.25) is 0 Å². The lowest BCUT2D eigenvalue weighted by Gasteiger charge is -2.22. The molecule has 2 heteroatoms. The Bertz CT molecular complexity index is 629. The summed E-state index contributed by atoms with van der Waals surface area (Å²) in [6.45, 7) is 4.49. The lowest BCUT2D eigenvalue weighted by molar-refractivity contribution is 0.417. The third-order valence-corrected chi connectivity index (χ3v) is 3.93. The molecule has 0 unspecified atom stereocenters. The predicted molar refractivity (Wildman–Crippen MR) is 75.9 cm³/mol. The second-order valence-corrected chi connectivity index (χ2v) is 5.31. The minimum Gasteiger partial charge on any atom is -0.497 e. The Kier molecular flexibility index (Phi) is 2.31. The number of hydrogen-bond donors (Lipinski definition) is 0. The summed E-state index contributed by atoms with van der Waals surface area (Å²) in [5, 5.41) is 0. The Morgan fingerprint density at radius 1 is 1.00 bits per heavy atom. The van der Waals surface area contributed by atoms with Crippen LogP contribution in [0.25, 0.3) is 11.1 Å². The molecule has 0 atom stereocenters. The van der Waals surface area contributed by atoms with E-state index in [1.54, 1.807) is 7.11 Å². The van der Waals surface area contributed by atoms with Crippen LogP contribution in [0, 0.1) is 0 Å². The molecule has 0 bridgehead atoms. The Morgan fingerprint density at radius 2 is 1.72 bits per heavy atom. The first-order valence-corrected chi connectivity index (χ1v) is 6.13. The fraction of sp³-hybridized carbons (Fsp3) is 0.250. The molecular formula is C16H15BO. The van der Waals surface area contributed by atoms with Crippen LogP contribution in [0.1, 0.15) is 25.0 Å². The van der Waals surface area contributed by atoms with E-state index >= 15 is 0 Å². The second kappa shape index (κ2) is 3.65. The van der Waals surface area contributed by atoms with Gasteiger partial charge >= 0.3 is 0 Å². The quantitative estimate of drug-likeness (QED) is 0.689. The van der Waals surface area contributed by atoms with Crippen molar-refractivity contribution in [3.8, 4) is 16.9 Å². The van der Waals surface area contributed by atoms with Crippen molar-refractivity contribution in [2.75, 3.05) is 7.11 Å². The molecule has 2 radical (unpaired) electrons. The van der Waals surface area contributed by atoms with Gasteiger partial charge in [-0.1, -0.05) is 49.6 Å². The molecule has 0 saturated carbocycles. The normalized spacial score (nSPS) is 15.1. The number of benzene rings is 2. The van der Waals surface area contributed by atoms with Gasteiger partial charge in [-0.15, -0.1) is 0 Å². The van der Waals surface area contributed by atoms with Crippen molar-refractivity contribution in [3.63, 3.8) is 0 Å². The first kappa shape index (κ1) is 11.4. The van der Waals surface area contributed by atoms with E-state index in [0.717, 1.165) is 5.75 Å². The summed E-state index contributed by atoms with van der Waals surface area (Å²) in [6, 6.07) is 12.6. The number of fused-ring (bicyclic) bond motifs is 3. The molecule has 1 nitrogen and oxygen atoms in total. The summed E-state index contributed by atoms with van der Waals surface area (Å²) in [5.74, 6) is 0.759. The molecule has 1 aliphatic rings. The monoisotopic (exact) mass is 234 g/mol. The fourth-order valence-electron chi connectivity index (χ4n) is 2.92. The molecule has 1 aliphatic carbocycles. The fourth-order valence-corrected chi connectivity index (χ4v) is 2.92. The summed E-state index contributed by atoms with van der Waals surface area (Å²) in [7, 11) is 7.68. The first-order valence-electron chi connectivity index (χ1n) is 6.13. The van der Waals surface area contributed by atoms with Crippen LogP contribution in [-0.2, 0) is 5.41 Å². The molecular weight excluding hydrogens is 219 g/mol. The average molecular weight is 234 g/mol. The summed E-state index contributed by atoms with van der Waals surface area (Å²) >= 11 is 0. The van der Waals surface area contributed by atoms with Crippen LogP contribution >= 0.6 is 0 Å². The smallest absolute Gasteiger partial charge is 0.119 e. The maximum absolute atomic E-state index is 6.02. The molecule has 0 aromatic heterocycles. The van der Waals surface area contributed by atoms with Crippen LogP contribution in [-0.4, -0.2) is 15.0 Å². The number of ether oxygens (including phenoxy) is 1. The predicted octanol–water partition coefficient (Wildman–Crippen LogP) is 2.80. The van der Waals surface area contributed by atoms with E-state index in [4.69, 9.17) is 12.6 Å². The maximum Gasteiger partial charge on any atom is 0.119 e. The SMILES string of the molecule is [B]c1cc2c(cc1OC)C(C)(C)c1ccccc1-2. The molecule has 2 aromatic rings. The molecule has 0 spiro atoms. The van der Waals surface area contributed by atoms with Gasteiger partial charge in [-0.2, -0.15) is 0 Å². The first-order chi connectivity index (χ1) is 8.55. The summed E-state index contributed by atoms with van der Waals surface area (Å²) in [4.78, 5) is 0. The standard InChI is InChI=1S/C16H15BO/c1-16(2)12-7-5-4-6-10(12)11-8-14(17)15(18-3)9-13(11)16/h4-9H,1-3H3. The highest BCUT2D eigenvalue weighted by Gasteiger charge is 2.35. The van der Waals surface area contributed by atoms with Crippen LogP contribution in [0.3, 0.4) is 0 Å². The number of methoxy groups -OCH3 is 1. The molecule has 0 saturated heterocycles. The third kappa shape index (κ3) is 1.35. The van der Waals surface area contributed by atoms with Crippen LogP contribution < -0.4 is 10.2 Å². The van der Waals surface area contributed by atoms with Gasteiger partial charge < -0.3 is 4.74 Å². The highest BCUT2D eigenvalue weighted by molar-refractivity contribution is 6.34. The minimum absolute atomic E-state index is 0.00685. The maximum atomic E-state index is 6.02. The molecule has 2 aromatic carbocycles. The van der Waals surface area contributed by atoms with E-state index in [2.05, 4.69) is 44.2 Å². The molecule has 3 rings (SSSR count). The molecule has 0 fully saturated rings. The van der Waals surface area contributed by atoms with Gasteiger partial charge in [-0.25, -0.2) is 0 Å². The molecule has 88 valence electrons. The van der Waals surface area contributed by atoms with Gasteiger partial charge in [0.2, 0.25) is 0 Å². The summed E-state index contributed by atoms with van der Waals surface area (Å²) in [6.07, 6.45) is 0. The van der Waals surface area contributed by atoms with Crippen LogP contribution in [0.4, 0.5) is 0 Å². The third-order valence-electron chi connectivity index (χ3n) is 3.93. The molecule has 0 heterocycles. The van der Waals surface area contributed by atoms with Gasteiger partial charge in [-0.05, 0) is 28.3 Å². The van der Waals surface area contributed by atoms with E-state index in [0.29, 0.717) is 5.46 Å². The highest BCUT2D eigenvalue weighted by Crippen LogP contribution is 2.48. The van der Waals surface area contributed by atoms with Gasteiger partial charge in [0.05, 0.1) is 7.11 Å². The number of hydrogen-bond acceptors (Lipinski definition) is 1. The van der Waals surface area contributed by atoms with Crippen LogP contribution in [0.5, 0.6) is 5.75 Å². The van der Waals surface area contributed by atoms with Crippen LogP contribution in [0.15, 0.2) is 36.4 Å². The van der Waals surface area contributed by atoms with Crippen molar-refractivity contribution in [1.29, 1.82) is 0 Å². The van der Waals surface area contributed by atoms with E-state index in [9.17, 15) is 0 Å². The highest BCUT2D eigenvalue weighted by atomic mass is 16.5. The topological polar surface area (TPSA) is 9.23 Å². The van der Waals surface area contributed by atoms with Crippen molar-refractivity contribution in [3.05, 3.63) is 47.5 Å². The Hall–Kier alpha value is -1.70. The van der Waals surface area contributed by atoms with Crippen molar-refractivity contribution >= 4 is 13.3 Å². The van der Waals surface area contributed by atoms with Crippen molar-refractivity contribution < 1.29 is 4.74 Å². The van der Waals surface area contributed by atoms with Gasteiger partial charge in [0.15, 0.2) is 0 Å². The molecule has 0 N–H and O–H groups in total. The van der Waals surface area contributed by atoms with E-state index in [1.165, 1.54) is 22.3 Å². The Labute approximate surface area is 109 Å². The zero-order valence-corrected chi connectivity index (χ0v) is 10.9. The summed E-state index contributed by atoms with van der Waals surface area (Å²) in [5.41, 5.74) is 5.86. The summed E-state index contributed by atoms with van der Waals surface area (Å²) < 4.78 is 5.34. The van der Waals surface area contributed by atoms with Crippen molar-refractivity contribution in [2.24, 2.45) is 0 Å². The average Bonchev–Trinajstić information content (AvgIpc) is 2.58.